The second-order valence-electron chi connectivity index (χ2n) is 5.66. The van der Waals surface area contributed by atoms with Gasteiger partial charge in [-0.2, -0.15) is 0 Å². The minimum absolute atomic E-state index is 0.359. The van der Waals surface area contributed by atoms with Gasteiger partial charge in [0.2, 0.25) is 0 Å². The first-order valence-corrected chi connectivity index (χ1v) is 6.14. The second kappa shape index (κ2) is 3.36. The van der Waals surface area contributed by atoms with E-state index in [1.807, 2.05) is 0 Å². The molecule has 1 atom stereocenters. The molecule has 0 aromatic carbocycles. The largest absolute Gasteiger partial charge is 0.300 e. The molecule has 0 N–H and O–H groups in total. The molecule has 0 amide bonds. The van der Waals surface area contributed by atoms with Crippen LogP contribution < -0.4 is 0 Å². The van der Waals surface area contributed by atoms with E-state index in [0.29, 0.717) is 16.6 Å². The first kappa shape index (κ1) is 10.2. The summed E-state index contributed by atoms with van der Waals surface area (Å²) >= 11 is 0. The minimum Gasteiger partial charge on any atom is -0.300 e. The van der Waals surface area contributed by atoms with Gasteiger partial charge < -0.3 is 0 Å². The van der Waals surface area contributed by atoms with Crippen molar-refractivity contribution in [2.24, 2.45) is 10.8 Å². The summed E-state index contributed by atoms with van der Waals surface area (Å²) in [4.78, 5) is 11.6. The molecule has 0 bridgehead atoms. The normalized spacial score (nSPS) is 34.9. The molecule has 1 spiro atoms. The Bertz CT molecular complexity index is 240. The first-order chi connectivity index (χ1) is 6.62. The lowest BCUT2D eigenvalue weighted by Gasteiger charge is -2.42. The third-order valence-corrected chi connectivity index (χ3v) is 4.69. The lowest BCUT2D eigenvalue weighted by Crippen LogP contribution is -2.36. The van der Waals surface area contributed by atoms with Crippen LogP contribution in [0.1, 0.15) is 65.2 Å². The second-order valence-corrected chi connectivity index (χ2v) is 5.66. The molecule has 14 heavy (non-hydrogen) atoms. The fraction of sp³-hybridized carbons (Fsp3) is 0.923. The van der Waals surface area contributed by atoms with E-state index in [0.717, 1.165) is 12.8 Å². The lowest BCUT2D eigenvalue weighted by atomic mass is 9.62. The molecular formula is C13H22O. The lowest BCUT2D eigenvalue weighted by molar-refractivity contribution is -0.126. The molecule has 2 fully saturated rings. The van der Waals surface area contributed by atoms with Crippen molar-refractivity contribution < 1.29 is 4.79 Å². The van der Waals surface area contributed by atoms with Crippen LogP contribution in [-0.2, 0) is 4.79 Å². The van der Waals surface area contributed by atoms with Crippen molar-refractivity contribution in [1.82, 2.24) is 0 Å². The standard InChI is InChI=1S/C13H22O/c1-3-4-6-12(2)10-11(14)5-7-13(12)8-9-13/h3-10H2,1-2H3. The summed E-state index contributed by atoms with van der Waals surface area (Å²) in [7, 11) is 0. The summed E-state index contributed by atoms with van der Waals surface area (Å²) in [6.07, 6.45) is 9.53. The number of rotatable bonds is 3. The molecule has 2 aliphatic rings. The zero-order valence-electron chi connectivity index (χ0n) is 9.57. The Morgan fingerprint density at radius 2 is 2.00 bits per heavy atom. The topological polar surface area (TPSA) is 17.1 Å². The first-order valence-electron chi connectivity index (χ1n) is 6.14. The van der Waals surface area contributed by atoms with E-state index in [-0.39, 0.29) is 0 Å². The molecule has 0 aromatic rings. The van der Waals surface area contributed by atoms with E-state index in [1.165, 1.54) is 38.5 Å². The van der Waals surface area contributed by atoms with E-state index >= 15 is 0 Å². The quantitative estimate of drug-likeness (QED) is 0.669. The Balaban J connectivity index is 2.07. The Hall–Kier alpha value is -0.330. The smallest absolute Gasteiger partial charge is 0.133 e. The van der Waals surface area contributed by atoms with Crippen molar-refractivity contribution in [3.63, 3.8) is 0 Å². The predicted octanol–water partition coefficient (Wildman–Crippen LogP) is 3.72. The van der Waals surface area contributed by atoms with E-state index in [9.17, 15) is 4.79 Å². The van der Waals surface area contributed by atoms with Crippen molar-refractivity contribution in [3.8, 4) is 0 Å². The molecular weight excluding hydrogens is 172 g/mol. The number of hydrogen-bond donors (Lipinski definition) is 0. The van der Waals surface area contributed by atoms with Crippen LogP contribution in [0.25, 0.3) is 0 Å². The van der Waals surface area contributed by atoms with Crippen molar-refractivity contribution in [3.05, 3.63) is 0 Å². The van der Waals surface area contributed by atoms with Crippen molar-refractivity contribution in [2.45, 2.75) is 65.2 Å². The fourth-order valence-electron chi connectivity index (χ4n) is 3.32. The highest BCUT2D eigenvalue weighted by molar-refractivity contribution is 5.80. The van der Waals surface area contributed by atoms with Gasteiger partial charge >= 0.3 is 0 Å². The van der Waals surface area contributed by atoms with Gasteiger partial charge in [-0.15, -0.1) is 0 Å². The van der Waals surface area contributed by atoms with Crippen LogP contribution in [-0.4, -0.2) is 5.78 Å². The van der Waals surface area contributed by atoms with Crippen LogP contribution in [0.5, 0.6) is 0 Å². The number of hydrogen-bond acceptors (Lipinski definition) is 1. The summed E-state index contributed by atoms with van der Waals surface area (Å²) in [5.41, 5.74) is 0.953. The van der Waals surface area contributed by atoms with Crippen LogP contribution in [0, 0.1) is 10.8 Å². The van der Waals surface area contributed by atoms with Gasteiger partial charge in [-0.3, -0.25) is 4.79 Å². The molecule has 2 rings (SSSR count). The van der Waals surface area contributed by atoms with Gasteiger partial charge in [-0.05, 0) is 36.5 Å². The van der Waals surface area contributed by atoms with Crippen LogP contribution >= 0.6 is 0 Å². The van der Waals surface area contributed by atoms with Gasteiger partial charge in [0.05, 0.1) is 0 Å². The third-order valence-electron chi connectivity index (χ3n) is 4.69. The zero-order valence-corrected chi connectivity index (χ0v) is 9.57. The number of ketones is 1. The molecule has 1 nitrogen and oxygen atoms in total. The number of carbonyl (C=O) groups is 1. The molecule has 0 aliphatic heterocycles. The minimum atomic E-state index is 0.359. The summed E-state index contributed by atoms with van der Waals surface area (Å²) < 4.78 is 0. The molecule has 0 aromatic heterocycles. The summed E-state index contributed by atoms with van der Waals surface area (Å²) in [6.45, 7) is 4.61. The Kier molecular flexibility index (Phi) is 2.45. The maximum atomic E-state index is 11.6. The van der Waals surface area contributed by atoms with Gasteiger partial charge in [0.25, 0.3) is 0 Å². The Morgan fingerprint density at radius 1 is 1.29 bits per heavy atom. The number of Topliss-reactive ketones (excluding diaryl/α,β-unsaturated/α-hetero) is 1. The maximum Gasteiger partial charge on any atom is 0.133 e. The highest BCUT2D eigenvalue weighted by atomic mass is 16.1. The average Bonchev–Trinajstić information content (AvgIpc) is 2.91. The Labute approximate surface area is 87.3 Å². The molecule has 2 saturated carbocycles. The summed E-state index contributed by atoms with van der Waals surface area (Å²) in [6, 6.07) is 0. The fourth-order valence-corrected chi connectivity index (χ4v) is 3.32. The van der Waals surface area contributed by atoms with Crippen molar-refractivity contribution in [2.75, 3.05) is 0 Å². The van der Waals surface area contributed by atoms with E-state index in [2.05, 4.69) is 13.8 Å². The van der Waals surface area contributed by atoms with E-state index < -0.39 is 0 Å². The number of carbonyl (C=O) groups excluding carboxylic acids is 1. The van der Waals surface area contributed by atoms with E-state index in [1.54, 1.807) is 0 Å². The third kappa shape index (κ3) is 1.51. The summed E-state index contributed by atoms with van der Waals surface area (Å²) in [5, 5.41) is 0. The summed E-state index contributed by atoms with van der Waals surface area (Å²) in [5.74, 6) is 0.515. The van der Waals surface area contributed by atoms with Crippen LogP contribution in [0.15, 0.2) is 0 Å². The predicted molar refractivity (Wildman–Crippen MR) is 58.2 cm³/mol. The Morgan fingerprint density at radius 3 is 2.57 bits per heavy atom. The van der Waals surface area contributed by atoms with Gasteiger partial charge in [0.1, 0.15) is 5.78 Å². The molecule has 1 unspecified atom stereocenters. The van der Waals surface area contributed by atoms with Crippen molar-refractivity contribution >= 4 is 5.78 Å². The van der Waals surface area contributed by atoms with Crippen LogP contribution in [0.2, 0.25) is 0 Å². The maximum absolute atomic E-state index is 11.6. The molecule has 0 radical (unpaired) electrons. The van der Waals surface area contributed by atoms with Gasteiger partial charge in [-0.25, -0.2) is 0 Å². The molecule has 1 heteroatoms. The average molecular weight is 194 g/mol. The highest BCUT2D eigenvalue weighted by Crippen LogP contribution is 2.66. The molecule has 0 saturated heterocycles. The van der Waals surface area contributed by atoms with Gasteiger partial charge in [0.15, 0.2) is 0 Å². The highest BCUT2D eigenvalue weighted by Gasteiger charge is 2.58. The monoisotopic (exact) mass is 194 g/mol. The van der Waals surface area contributed by atoms with Crippen molar-refractivity contribution in [1.29, 1.82) is 0 Å². The zero-order chi connectivity index (χ0) is 10.2. The SMILES string of the molecule is CCCCC1(C)CC(=O)CCC12CC2. The molecule has 2 aliphatic carbocycles. The molecule has 80 valence electrons. The van der Waals surface area contributed by atoms with Gasteiger partial charge in [-0.1, -0.05) is 26.7 Å². The van der Waals surface area contributed by atoms with Gasteiger partial charge in [0, 0.05) is 12.8 Å². The van der Waals surface area contributed by atoms with Crippen LogP contribution in [0.4, 0.5) is 0 Å². The number of unbranched alkanes of at least 4 members (excludes halogenated alkanes) is 1. The van der Waals surface area contributed by atoms with Crippen LogP contribution in [0.3, 0.4) is 0 Å². The van der Waals surface area contributed by atoms with E-state index in [4.69, 9.17) is 0 Å². The molecule has 0 heterocycles.